The molecule has 0 aliphatic rings. The molecule has 422 valence electrons. The topological polar surface area (TPSA) is 189 Å². The highest BCUT2D eigenvalue weighted by atomic mass is 35.5. The Kier molecular flexibility index (Phi) is 29.8. The van der Waals surface area contributed by atoms with Gasteiger partial charge in [0.25, 0.3) is 0 Å². The minimum atomic E-state index is -0.984. The normalized spacial score (nSPS) is 10.3. The van der Waals surface area contributed by atoms with Crippen molar-refractivity contribution in [3.63, 3.8) is 0 Å². The number of aromatic nitrogens is 4. The van der Waals surface area contributed by atoms with Crippen molar-refractivity contribution >= 4 is 128 Å². The molecular formula is C58H64Cl7N7O7. The maximum atomic E-state index is 13.1. The number of nitrogens with one attached hydrogen (secondary N) is 3. The number of carboxylic acids is 1. The summed E-state index contributed by atoms with van der Waals surface area (Å²) in [6.07, 6.45) is 5.05. The lowest BCUT2D eigenvalue weighted by molar-refractivity contribution is -0.117. The van der Waals surface area contributed by atoms with E-state index in [9.17, 15) is 24.0 Å². The van der Waals surface area contributed by atoms with Crippen LogP contribution >= 0.6 is 81.2 Å². The molecule has 0 saturated carbocycles. The Bertz CT molecular complexity index is 3030. The quantitative estimate of drug-likeness (QED) is 0.0391. The average Bonchev–Trinajstić information content (AvgIpc) is 4.12. The number of ether oxygens (including phenoxy) is 1. The van der Waals surface area contributed by atoms with E-state index in [-0.39, 0.29) is 35.1 Å². The van der Waals surface area contributed by atoms with Crippen molar-refractivity contribution in [3.05, 3.63) is 179 Å². The zero-order valence-corrected chi connectivity index (χ0v) is 50.4. The fraction of sp³-hybridized carbons (Fsp3) is 0.293. The van der Waals surface area contributed by atoms with E-state index in [0.29, 0.717) is 84.3 Å². The van der Waals surface area contributed by atoms with Crippen molar-refractivity contribution in [1.29, 1.82) is 0 Å². The van der Waals surface area contributed by atoms with Gasteiger partial charge in [0, 0.05) is 66.8 Å². The van der Waals surface area contributed by atoms with E-state index in [1.54, 1.807) is 78.0 Å². The van der Waals surface area contributed by atoms with E-state index in [0.717, 1.165) is 48.4 Å². The van der Waals surface area contributed by atoms with Gasteiger partial charge in [-0.2, -0.15) is 10.2 Å². The molecule has 2 aromatic heterocycles. The number of para-hydroxylation sites is 1. The summed E-state index contributed by atoms with van der Waals surface area (Å²) < 4.78 is 7.27. The Hall–Kier alpha value is -5.94. The van der Waals surface area contributed by atoms with Crippen molar-refractivity contribution in [2.24, 2.45) is 7.05 Å². The van der Waals surface area contributed by atoms with E-state index in [4.69, 9.17) is 91.0 Å². The molecule has 14 nitrogen and oxygen atoms in total. The molecule has 21 heteroatoms. The molecule has 2 heterocycles. The Labute approximate surface area is 497 Å². The number of halogens is 7. The lowest BCUT2D eigenvalue weighted by Crippen LogP contribution is -2.36. The highest BCUT2D eigenvalue weighted by molar-refractivity contribution is 6.43. The first-order chi connectivity index (χ1) is 37.6. The number of aryl methyl sites for hydroxylation is 5. The molecule has 0 radical (unpaired) electrons. The Balaban J connectivity index is 0.000000272. The largest absolute Gasteiger partial charge is 0.477 e. The van der Waals surface area contributed by atoms with Gasteiger partial charge in [0.1, 0.15) is 11.6 Å². The van der Waals surface area contributed by atoms with E-state index in [2.05, 4.69) is 64.9 Å². The Morgan fingerprint density at radius 2 is 1.24 bits per heavy atom. The molecule has 7 aromatic rings. The SMILES string of the molecule is CCC(=O)Nc1ccc(Cl)c(Cl)c1.CCC(=O)Nc1ccc(Cl)c(Cl)c1.CCCOCCN(C(=O)CCl)c1c(CC)cccc1CC.Cc1ccc(-c2c(C(=O)c3ccc(Cl)cc3Cl)c(C)nn2C)cc1.O=C(O)c1ccn[nH]1. The minimum absolute atomic E-state index is 0.00498. The number of ketones is 1. The number of hydrogen-bond acceptors (Lipinski definition) is 8. The first-order valence-corrected chi connectivity index (χ1v) is 27.8. The maximum absolute atomic E-state index is 13.1. The first kappa shape index (κ1) is 67.3. The number of carboxylic acid groups (broad SMARTS) is 1. The van der Waals surface area contributed by atoms with Gasteiger partial charge in [0.05, 0.1) is 54.4 Å². The van der Waals surface area contributed by atoms with Crippen LogP contribution in [0.1, 0.15) is 103 Å². The number of H-pyrrole nitrogens is 1. The average molecular weight is 1220 g/mol. The minimum Gasteiger partial charge on any atom is -0.477 e. The molecule has 0 aliphatic heterocycles. The predicted molar refractivity (Wildman–Crippen MR) is 324 cm³/mol. The van der Waals surface area contributed by atoms with Crippen LogP contribution in [0.15, 0.2) is 109 Å². The van der Waals surface area contributed by atoms with Gasteiger partial charge in [0.2, 0.25) is 17.7 Å². The van der Waals surface area contributed by atoms with Crippen LogP contribution in [0.2, 0.25) is 30.1 Å². The third kappa shape index (κ3) is 21.6. The number of aromatic amines is 1. The van der Waals surface area contributed by atoms with E-state index < -0.39 is 5.97 Å². The number of hydrogen-bond donors (Lipinski definition) is 4. The van der Waals surface area contributed by atoms with E-state index in [1.165, 1.54) is 23.4 Å². The molecule has 0 saturated heterocycles. The molecule has 5 aromatic carbocycles. The summed E-state index contributed by atoms with van der Waals surface area (Å²) in [5, 5.41) is 26.4. The highest BCUT2D eigenvalue weighted by Crippen LogP contribution is 2.32. The maximum Gasteiger partial charge on any atom is 0.353 e. The lowest BCUT2D eigenvalue weighted by Gasteiger charge is -2.27. The van der Waals surface area contributed by atoms with Crippen LogP contribution in [-0.2, 0) is 39.0 Å². The number of nitrogens with zero attached hydrogens (tertiary/aromatic N) is 4. The van der Waals surface area contributed by atoms with Crippen LogP contribution in [0.3, 0.4) is 0 Å². The lowest BCUT2D eigenvalue weighted by atomic mass is 9.97. The Morgan fingerprint density at radius 3 is 1.67 bits per heavy atom. The second kappa shape index (κ2) is 34.9. The van der Waals surface area contributed by atoms with Crippen molar-refractivity contribution in [2.45, 2.75) is 80.6 Å². The van der Waals surface area contributed by atoms with Crippen LogP contribution in [0.5, 0.6) is 0 Å². The number of anilines is 3. The van der Waals surface area contributed by atoms with Gasteiger partial charge >= 0.3 is 5.97 Å². The standard InChI is InChI=1S/C19H16Cl2N2O.C17H26ClNO2.2C9H9Cl2NO.C4H4N2O2/c1-11-4-6-13(7-5-11)18-17(12(2)22-23(18)3)19(24)15-9-8-14(20)10-16(15)21;1-4-11-21-12-10-19(16(20)13-18)17-14(5-2)8-7-9-15(17)6-3;2*1-2-9(13)12-6-3-4-7(10)8(11)5-6;7-4(8)3-1-2-5-6-3/h4-10H,1-3H3;7-9H,4-6,10-13H2,1-3H3;2*3-5H,2H2,1H3,(H,12,13);1-2H,(H,5,6)(H,7,8). The summed E-state index contributed by atoms with van der Waals surface area (Å²) in [5.74, 6) is -1.29. The first-order valence-electron chi connectivity index (χ1n) is 25.0. The molecule has 0 spiro atoms. The van der Waals surface area contributed by atoms with Crippen molar-refractivity contribution < 1.29 is 33.8 Å². The second-order valence-corrected chi connectivity index (χ2v) is 19.8. The van der Waals surface area contributed by atoms with Gasteiger partial charge in [-0.1, -0.05) is 152 Å². The molecule has 7 rings (SSSR count). The summed E-state index contributed by atoms with van der Waals surface area (Å²) in [7, 11) is 1.84. The van der Waals surface area contributed by atoms with Crippen molar-refractivity contribution in [1.82, 2.24) is 20.0 Å². The monoisotopic (exact) mass is 1220 g/mol. The zero-order chi connectivity index (χ0) is 58.8. The molecule has 3 amide bonds. The highest BCUT2D eigenvalue weighted by Gasteiger charge is 2.25. The summed E-state index contributed by atoms with van der Waals surface area (Å²) in [6.45, 7) is 15.5. The third-order valence-corrected chi connectivity index (χ3v) is 13.4. The zero-order valence-electron chi connectivity index (χ0n) is 45.1. The number of amides is 3. The molecule has 79 heavy (non-hydrogen) atoms. The van der Waals surface area contributed by atoms with Crippen molar-refractivity contribution in [3.8, 4) is 11.3 Å². The predicted octanol–water partition coefficient (Wildman–Crippen LogP) is 15.8. The summed E-state index contributed by atoms with van der Waals surface area (Å²) in [4.78, 5) is 59.1. The van der Waals surface area contributed by atoms with Crippen molar-refractivity contribution in [2.75, 3.05) is 41.2 Å². The number of carbonyl (C=O) groups is 5. The second-order valence-electron chi connectivity index (χ2n) is 17.0. The smallest absolute Gasteiger partial charge is 0.353 e. The van der Waals surface area contributed by atoms with Gasteiger partial charge in [-0.3, -0.25) is 29.0 Å². The summed E-state index contributed by atoms with van der Waals surface area (Å²) in [5.41, 5.74) is 9.37. The van der Waals surface area contributed by atoms with E-state index in [1.807, 2.05) is 45.2 Å². The van der Waals surface area contributed by atoms with Gasteiger partial charge in [-0.25, -0.2) is 4.79 Å². The van der Waals surface area contributed by atoms with Crippen LogP contribution < -0.4 is 15.5 Å². The number of benzene rings is 5. The number of aromatic carboxylic acids is 1. The Morgan fingerprint density at radius 1 is 0.684 bits per heavy atom. The fourth-order valence-corrected chi connectivity index (χ4v) is 8.43. The molecule has 0 fully saturated rings. The summed E-state index contributed by atoms with van der Waals surface area (Å²) >= 11 is 40.9. The molecular weight excluding hydrogens is 1150 g/mol. The molecule has 0 atom stereocenters. The number of alkyl halides is 1. The molecule has 0 aliphatic carbocycles. The van der Waals surface area contributed by atoms with E-state index >= 15 is 0 Å². The fourth-order valence-electron chi connectivity index (χ4n) is 7.20. The number of rotatable bonds is 17. The van der Waals surface area contributed by atoms with Crippen LogP contribution in [0, 0.1) is 13.8 Å². The molecule has 0 bridgehead atoms. The van der Waals surface area contributed by atoms with Gasteiger partial charge in [0.15, 0.2) is 5.78 Å². The van der Waals surface area contributed by atoms with Gasteiger partial charge in [-0.05, 0) is 105 Å². The molecule has 4 N–H and O–H groups in total. The summed E-state index contributed by atoms with van der Waals surface area (Å²) in [6, 6.07) is 30.5. The molecule has 0 unspecified atom stereocenters. The van der Waals surface area contributed by atoms with Crippen LogP contribution in [-0.4, -0.2) is 80.2 Å². The van der Waals surface area contributed by atoms with Gasteiger partial charge < -0.3 is 25.4 Å². The third-order valence-electron chi connectivity index (χ3n) is 11.2. The van der Waals surface area contributed by atoms with Crippen LogP contribution in [0.25, 0.3) is 11.3 Å². The number of carbonyl (C=O) groups excluding carboxylic acids is 4. The van der Waals surface area contributed by atoms with Gasteiger partial charge in [-0.15, -0.1) is 11.6 Å². The van der Waals surface area contributed by atoms with Crippen LogP contribution in [0.4, 0.5) is 17.1 Å².